The van der Waals surface area contributed by atoms with Crippen LogP contribution in [0.15, 0.2) is 58.5 Å². The normalized spacial score (nSPS) is 13.6. The minimum atomic E-state index is -0.0724. The number of aromatic nitrogens is 2. The van der Waals surface area contributed by atoms with Gasteiger partial charge in [-0.2, -0.15) is 0 Å². The number of hydrogen-bond acceptors (Lipinski definition) is 4. The lowest BCUT2D eigenvalue weighted by molar-refractivity contribution is -0.118. The molecule has 0 spiro atoms. The molecular weight excluding hydrogens is 394 g/mol. The fourth-order valence-electron chi connectivity index (χ4n) is 3.10. The number of carbonyl (C=O) groups is 1. The molecule has 5 nitrogen and oxygen atoms in total. The first-order chi connectivity index (χ1) is 13.6. The number of rotatable bonds is 7. The van der Waals surface area contributed by atoms with Crippen molar-refractivity contribution in [3.05, 3.63) is 69.5 Å². The van der Waals surface area contributed by atoms with E-state index < -0.39 is 0 Å². The van der Waals surface area contributed by atoms with Crippen molar-refractivity contribution in [2.75, 3.05) is 12.3 Å². The van der Waals surface area contributed by atoms with Crippen molar-refractivity contribution in [2.24, 2.45) is 0 Å². The summed E-state index contributed by atoms with van der Waals surface area (Å²) < 4.78 is 1.76. The van der Waals surface area contributed by atoms with Crippen LogP contribution >= 0.6 is 23.4 Å². The van der Waals surface area contributed by atoms with Gasteiger partial charge in [0.05, 0.1) is 16.7 Å². The van der Waals surface area contributed by atoms with E-state index in [1.54, 1.807) is 10.6 Å². The van der Waals surface area contributed by atoms with E-state index in [1.807, 2.05) is 42.5 Å². The Hall–Kier alpha value is -2.31. The number of benzene rings is 2. The SMILES string of the molecule is O=C(CSc1nc2ccccc2c(=O)n1C1CC1)NCCc1cccc(Cl)c1. The zero-order valence-corrected chi connectivity index (χ0v) is 16.8. The van der Waals surface area contributed by atoms with Crippen molar-refractivity contribution in [2.45, 2.75) is 30.5 Å². The van der Waals surface area contributed by atoms with Gasteiger partial charge in [0.2, 0.25) is 5.91 Å². The summed E-state index contributed by atoms with van der Waals surface area (Å²) in [5.74, 6) is 0.157. The molecule has 1 N–H and O–H groups in total. The third-order valence-electron chi connectivity index (χ3n) is 4.64. The van der Waals surface area contributed by atoms with Crippen molar-refractivity contribution < 1.29 is 4.79 Å². The second-order valence-corrected chi connectivity index (χ2v) is 8.22. The van der Waals surface area contributed by atoms with Gasteiger partial charge in [0.25, 0.3) is 5.56 Å². The highest BCUT2D eigenvalue weighted by Crippen LogP contribution is 2.36. The second-order valence-electron chi connectivity index (χ2n) is 6.84. The fraction of sp³-hybridized carbons (Fsp3) is 0.286. The van der Waals surface area contributed by atoms with E-state index in [1.165, 1.54) is 11.8 Å². The number of nitrogens with zero attached hydrogens (tertiary/aromatic N) is 2. The van der Waals surface area contributed by atoms with Crippen molar-refractivity contribution in [3.8, 4) is 0 Å². The van der Waals surface area contributed by atoms with Gasteiger partial charge in [-0.05, 0) is 49.1 Å². The van der Waals surface area contributed by atoms with Crippen molar-refractivity contribution in [1.82, 2.24) is 14.9 Å². The third-order valence-corrected chi connectivity index (χ3v) is 5.83. The van der Waals surface area contributed by atoms with Crippen molar-refractivity contribution in [3.63, 3.8) is 0 Å². The molecule has 0 saturated heterocycles. The molecule has 144 valence electrons. The number of halogens is 1. The highest BCUT2D eigenvalue weighted by molar-refractivity contribution is 7.99. The molecule has 0 bridgehead atoms. The number of nitrogens with one attached hydrogen (secondary N) is 1. The number of hydrogen-bond donors (Lipinski definition) is 1. The molecule has 0 unspecified atom stereocenters. The minimum Gasteiger partial charge on any atom is -0.355 e. The number of para-hydroxylation sites is 1. The van der Waals surface area contributed by atoms with Crippen LogP contribution in [-0.4, -0.2) is 27.8 Å². The Bertz CT molecular complexity index is 1080. The molecule has 0 atom stereocenters. The van der Waals surface area contributed by atoms with E-state index in [-0.39, 0.29) is 23.3 Å². The van der Waals surface area contributed by atoms with Crippen molar-refractivity contribution >= 4 is 40.2 Å². The number of carbonyl (C=O) groups excluding carboxylic acids is 1. The Labute approximate surface area is 172 Å². The highest BCUT2D eigenvalue weighted by Gasteiger charge is 2.28. The topological polar surface area (TPSA) is 64.0 Å². The van der Waals surface area contributed by atoms with Crippen LogP contribution in [0.25, 0.3) is 10.9 Å². The number of amides is 1. The van der Waals surface area contributed by atoms with Gasteiger partial charge in [-0.25, -0.2) is 4.98 Å². The quantitative estimate of drug-likeness (QED) is 0.472. The van der Waals surface area contributed by atoms with Gasteiger partial charge in [-0.1, -0.05) is 47.6 Å². The zero-order chi connectivity index (χ0) is 19.5. The monoisotopic (exact) mass is 413 g/mol. The molecule has 1 saturated carbocycles. The van der Waals surface area contributed by atoms with E-state index in [4.69, 9.17) is 11.6 Å². The van der Waals surface area contributed by atoms with Gasteiger partial charge >= 0.3 is 0 Å². The molecule has 3 aromatic rings. The van der Waals surface area contributed by atoms with Crippen LogP contribution in [0.4, 0.5) is 0 Å². The maximum absolute atomic E-state index is 12.8. The fourth-order valence-corrected chi connectivity index (χ4v) is 4.21. The molecule has 2 aromatic carbocycles. The van der Waals surface area contributed by atoms with Crippen LogP contribution < -0.4 is 10.9 Å². The largest absolute Gasteiger partial charge is 0.355 e. The minimum absolute atomic E-state index is 0.0167. The van der Waals surface area contributed by atoms with E-state index in [0.29, 0.717) is 27.6 Å². The highest BCUT2D eigenvalue weighted by atomic mass is 35.5. The summed E-state index contributed by atoms with van der Waals surface area (Å²) in [6, 6.07) is 15.2. The summed E-state index contributed by atoms with van der Waals surface area (Å²) in [6.07, 6.45) is 2.69. The Morgan fingerprint density at radius 2 is 2.04 bits per heavy atom. The second kappa shape index (κ2) is 8.37. The summed E-state index contributed by atoms with van der Waals surface area (Å²) in [7, 11) is 0. The van der Waals surface area contributed by atoms with E-state index in [9.17, 15) is 9.59 Å². The molecule has 1 aliphatic carbocycles. The summed E-state index contributed by atoms with van der Waals surface area (Å²) in [4.78, 5) is 29.7. The molecule has 1 heterocycles. The third kappa shape index (κ3) is 4.39. The average molecular weight is 414 g/mol. The van der Waals surface area contributed by atoms with Crippen LogP contribution in [-0.2, 0) is 11.2 Å². The molecule has 7 heteroatoms. The summed E-state index contributed by atoms with van der Waals surface area (Å²) >= 11 is 7.30. The van der Waals surface area contributed by atoms with Crippen molar-refractivity contribution in [1.29, 1.82) is 0 Å². The molecule has 1 aliphatic rings. The lowest BCUT2D eigenvalue weighted by atomic mass is 10.1. The molecule has 1 amide bonds. The molecule has 0 aliphatic heterocycles. The van der Waals surface area contributed by atoms with Gasteiger partial charge in [0, 0.05) is 17.6 Å². The lowest BCUT2D eigenvalue weighted by Gasteiger charge is -2.12. The molecule has 1 fully saturated rings. The smallest absolute Gasteiger partial charge is 0.262 e. The molecular formula is C21H20ClN3O2S. The number of thioether (sulfide) groups is 1. The zero-order valence-electron chi connectivity index (χ0n) is 15.2. The molecule has 0 radical (unpaired) electrons. The summed E-state index contributed by atoms with van der Waals surface area (Å²) in [6.45, 7) is 0.542. The Kier molecular flexibility index (Phi) is 5.69. The molecule has 28 heavy (non-hydrogen) atoms. The average Bonchev–Trinajstić information content (AvgIpc) is 3.51. The lowest BCUT2D eigenvalue weighted by Crippen LogP contribution is -2.28. The van der Waals surface area contributed by atoms with Gasteiger partial charge in [-0.3, -0.25) is 14.2 Å². The summed E-state index contributed by atoms with van der Waals surface area (Å²) in [5, 5.41) is 4.86. The first kappa shape index (κ1) is 19.0. The Morgan fingerprint density at radius 1 is 1.21 bits per heavy atom. The van der Waals surface area contributed by atoms with Crippen LogP contribution in [0, 0.1) is 0 Å². The van der Waals surface area contributed by atoms with E-state index in [0.717, 1.165) is 24.8 Å². The summed E-state index contributed by atoms with van der Waals surface area (Å²) in [5.41, 5.74) is 1.74. The Balaban J connectivity index is 1.40. The first-order valence-electron chi connectivity index (χ1n) is 9.27. The maximum Gasteiger partial charge on any atom is 0.262 e. The predicted molar refractivity (Wildman–Crippen MR) is 113 cm³/mol. The van der Waals surface area contributed by atoms with Crippen LogP contribution in [0.1, 0.15) is 24.4 Å². The van der Waals surface area contributed by atoms with E-state index in [2.05, 4.69) is 10.3 Å². The van der Waals surface area contributed by atoms with Crippen LogP contribution in [0.3, 0.4) is 0 Å². The molecule has 1 aromatic heterocycles. The Morgan fingerprint density at radius 3 is 2.82 bits per heavy atom. The van der Waals surface area contributed by atoms with E-state index >= 15 is 0 Å². The van der Waals surface area contributed by atoms with Gasteiger partial charge in [0.1, 0.15) is 0 Å². The van der Waals surface area contributed by atoms with Crippen LogP contribution in [0.5, 0.6) is 0 Å². The standard InChI is InChI=1S/C21H20ClN3O2S/c22-15-5-3-4-14(12-15)10-11-23-19(26)13-28-21-24-18-7-2-1-6-17(18)20(27)25(21)16-8-9-16/h1-7,12,16H,8-11,13H2,(H,23,26). The first-order valence-corrected chi connectivity index (χ1v) is 10.6. The van der Waals surface area contributed by atoms with Crippen LogP contribution in [0.2, 0.25) is 5.02 Å². The van der Waals surface area contributed by atoms with Gasteiger partial charge < -0.3 is 5.32 Å². The predicted octanol–water partition coefficient (Wildman–Crippen LogP) is 3.84. The number of fused-ring (bicyclic) bond motifs is 1. The van der Waals surface area contributed by atoms with Gasteiger partial charge in [-0.15, -0.1) is 0 Å². The maximum atomic E-state index is 12.8. The van der Waals surface area contributed by atoms with Gasteiger partial charge in [0.15, 0.2) is 5.16 Å². The molecule has 4 rings (SSSR count).